The zero-order valence-corrected chi connectivity index (χ0v) is 10.7. The van der Waals surface area contributed by atoms with Crippen LogP contribution in [0.25, 0.3) is 5.69 Å². The molecule has 1 heterocycles. The fourth-order valence-electron chi connectivity index (χ4n) is 1.74. The third kappa shape index (κ3) is 2.49. The Morgan fingerprint density at radius 1 is 1.18 bits per heavy atom. The van der Waals surface area contributed by atoms with Crippen molar-refractivity contribution in [3.05, 3.63) is 42.0 Å². The monoisotopic (exact) mass is 230 g/mol. The van der Waals surface area contributed by atoms with Crippen LogP contribution in [0.3, 0.4) is 0 Å². The van der Waals surface area contributed by atoms with Crippen molar-refractivity contribution in [3.8, 4) is 11.4 Å². The molecule has 0 atom stereocenters. The standard InChI is InChI=1S/C14H18N2O/c1-10-8-16(9-15-10)12-5-11(14(2,3)4)6-13(17)7-12/h5-9,17H,1-4H3. The Hall–Kier alpha value is -1.77. The molecule has 1 N–H and O–H groups in total. The minimum Gasteiger partial charge on any atom is -0.508 e. The van der Waals surface area contributed by atoms with E-state index in [-0.39, 0.29) is 5.41 Å². The maximum Gasteiger partial charge on any atom is 0.117 e. The van der Waals surface area contributed by atoms with Crippen molar-refractivity contribution in [2.24, 2.45) is 0 Å². The molecule has 0 aliphatic carbocycles. The van der Waals surface area contributed by atoms with Gasteiger partial charge in [0.15, 0.2) is 0 Å². The Labute approximate surface area is 102 Å². The molecule has 3 nitrogen and oxygen atoms in total. The van der Waals surface area contributed by atoms with Gasteiger partial charge in [-0.15, -0.1) is 0 Å². The second-order valence-electron chi connectivity index (χ2n) is 5.41. The van der Waals surface area contributed by atoms with Crippen LogP contribution in [0.15, 0.2) is 30.7 Å². The van der Waals surface area contributed by atoms with E-state index in [2.05, 4.69) is 31.8 Å². The highest BCUT2D eigenvalue weighted by molar-refractivity contribution is 5.45. The van der Waals surface area contributed by atoms with Gasteiger partial charge in [0.2, 0.25) is 0 Å². The van der Waals surface area contributed by atoms with Crippen LogP contribution >= 0.6 is 0 Å². The summed E-state index contributed by atoms with van der Waals surface area (Å²) in [4.78, 5) is 4.20. The Bertz CT molecular complexity index is 535. The number of phenolic OH excluding ortho intramolecular Hbond substituents is 1. The molecule has 0 radical (unpaired) electrons. The highest BCUT2D eigenvalue weighted by Crippen LogP contribution is 2.28. The molecule has 0 saturated heterocycles. The summed E-state index contributed by atoms with van der Waals surface area (Å²) in [6.45, 7) is 8.34. The zero-order valence-electron chi connectivity index (χ0n) is 10.7. The number of aromatic hydroxyl groups is 1. The average molecular weight is 230 g/mol. The molecular weight excluding hydrogens is 212 g/mol. The summed E-state index contributed by atoms with van der Waals surface area (Å²) in [5, 5.41) is 9.79. The molecule has 0 bridgehead atoms. The Kier molecular flexibility index (Phi) is 2.69. The van der Waals surface area contributed by atoms with Gasteiger partial charge in [0.1, 0.15) is 5.75 Å². The minimum absolute atomic E-state index is 0.0170. The van der Waals surface area contributed by atoms with Crippen LogP contribution in [0, 0.1) is 6.92 Å². The molecule has 3 heteroatoms. The Morgan fingerprint density at radius 2 is 1.88 bits per heavy atom. The van der Waals surface area contributed by atoms with E-state index in [0.29, 0.717) is 5.75 Å². The first-order valence-electron chi connectivity index (χ1n) is 5.72. The number of benzene rings is 1. The molecule has 0 fully saturated rings. The van der Waals surface area contributed by atoms with Gasteiger partial charge in [-0.3, -0.25) is 0 Å². The van der Waals surface area contributed by atoms with E-state index in [1.165, 1.54) is 0 Å². The maximum absolute atomic E-state index is 9.79. The quantitative estimate of drug-likeness (QED) is 0.817. The lowest BCUT2D eigenvalue weighted by Gasteiger charge is -2.20. The molecule has 0 aliphatic heterocycles. The summed E-state index contributed by atoms with van der Waals surface area (Å²) < 4.78 is 1.92. The van der Waals surface area contributed by atoms with Crippen molar-refractivity contribution in [1.82, 2.24) is 9.55 Å². The van der Waals surface area contributed by atoms with Gasteiger partial charge in [0, 0.05) is 12.3 Å². The zero-order chi connectivity index (χ0) is 12.6. The Morgan fingerprint density at radius 3 is 2.41 bits per heavy atom. The first-order chi connectivity index (χ1) is 7.86. The summed E-state index contributed by atoms with van der Waals surface area (Å²) in [6, 6.07) is 5.64. The topological polar surface area (TPSA) is 38.0 Å². The van der Waals surface area contributed by atoms with Gasteiger partial charge in [0.25, 0.3) is 0 Å². The summed E-state index contributed by atoms with van der Waals surface area (Å²) in [5.41, 5.74) is 3.03. The maximum atomic E-state index is 9.79. The molecule has 0 spiro atoms. The fraction of sp³-hybridized carbons (Fsp3) is 0.357. The second kappa shape index (κ2) is 3.91. The number of aromatic nitrogens is 2. The summed E-state index contributed by atoms with van der Waals surface area (Å²) in [6.07, 6.45) is 3.71. The lowest BCUT2D eigenvalue weighted by atomic mass is 9.86. The third-order valence-electron chi connectivity index (χ3n) is 2.78. The van der Waals surface area contributed by atoms with Gasteiger partial charge in [-0.05, 0) is 30.0 Å². The van der Waals surface area contributed by atoms with Gasteiger partial charge < -0.3 is 9.67 Å². The molecule has 2 rings (SSSR count). The van der Waals surface area contributed by atoms with Gasteiger partial charge in [-0.2, -0.15) is 0 Å². The molecule has 0 saturated carbocycles. The van der Waals surface area contributed by atoms with Crippen LogP contribution in [-0.4, -0.2) is 14.7 Å². The van der Waals surface area contributed by atoms with Crippen molar-refractivity contribution >= 4 is 0 Å². The number of nitrogens with zero attached hydrogens (tertiary/aromatic N) is 2. The largest absolute Gasteiger partial charge is 0.508 e. The lowest BCUT2D eigenvalue weighted by Crippen LogP contribution is -2.11. The smallest absolute Gasteiger partial charge is 0.117 e. The molecule has 2 aromatic rings. The van der Waals surface area contributed by atoms with Crippen LogP contribution in [0.5, 0.6) is 5.75 Å². The molecule has 90 valence electrons. The molecular formula is C14H18N2O. The molecule has 1 aromatic heterocycles. The summed E-state index contributed by atoms with van der Waals surface area (Å²) in [7, 11) is 0. The average Bonchev–Trinajstić information content (AvgIpc) is 2.62. The minimum atomic E-state index is 0.0170. The summed E-state index contributed by atoms with van der Waals surface area (Å²) in [5.74, 6) is 0.291. The first-order valence-corrected chi connectivity index (χ1v) is 5.72. The molecule has 0 unspecified atom stereocenters. The number of rotatable bonds is 1. The van der Waals surface area contributed by atoms with Gasteiger partial charge in [0.05, 0.1) is 17.7 Å². The fourth-order valence-corrected chi connectivity index (χ4v) is 1.74. The predicted molar refractivity (Wildman–Crippen MR) is 68.7 cm³/mol. The van der Waals surface area contributed by atoms with Gasteiger partial charge in [-0.25, -0.2) is 4.98 Å². The number of phenols is 1. The molecule has 1 aromatic carbocycles. The van der Waals surface area contributed by atoms with Crippen LogP contribution in [-0.2, 0) is 5.41 Å². The highest BCUT2D eigenvalue weighted by Gasteiger charge is 2.15. The van der Waals surface area contributed by atoms with Crippen molar-refractivity contribution in [1.29, 1.82) is 0 Å². The number of hydrogen-bond acceptors (Lipinski definition) is 2. The molecule has 0 amide bonds. The summed E-state index contributed by atoms with van der Waals surface area (Å²) >= 11 is 0. The number of hydrogen-bond donors (Lipinski definition) is 1. The van der Waals surface area contributed by atoms with Crippen LogP contribution in [0.2, 0.25) is 0 Å². The van der Waals surface area contributed by atoms with Crippen molar-refractivity contribution in [2.45, 2.75) is 33.1 Å². The molecule has 17 heavy (non-hydrogen) atoms. The van der Waals surface area contributed by atoms with E-state index < -0.39 is 0 Å². The number of imidazole rings is 1. The third-order valence-corrected chi connectivity index (χ3v) is 2.78. The van der Waals surface area contributed by atoms with Crippen LogP contribution in [0.1, 0.15) is 32.0 Å². The van der Waals surface area contributed by atoms with E-state index in [0.717, 1.165) is 16.9 Å². The van der Waals surface area contributed by atoms with Crippen LogP contribution in [0.4, 0.5) is 0 Å². The van der Waals surface area contributed by atoms with Crippen molar-refractivity contribution < 1.29 is 5.11 Å². The Balaban J connectivity index is 2.52. The van der Waals surface area contributed by atoms with E-state index in [1.807, 2.05) is 23.8 Å². The van der Waals surface area contributed by atoms with E-state index >= 15 is 0 Å². The van der Waals surface area contributed by atoms with Crippen molar-refractivity contribution in [2.75, 3.05) is 0 Å². The van der Waals surface area contributed by atoms with Crippen molar-refractivity contribution in [3.63, 3.8) is 0 Å². The normalized spacial score (nSPS) is 11.8. The van der Waals surface area contributed by atoms with E-state index in [4.69, 9.17) is 0 Å². The van der Waals surface area contributed by atoms with Crippen LogP contribution < -0.4 is 0 Å². The SMILES string of the molecule is Cc1cn(-c2cc(O)cc(C(C)(C)C)c2)cn1. The van der Waals surface area contributed by atoms with E-state index in [9.17, 15) is 5.11 Å². The molecule has 0 aliphatic rings. The lowest BCUT2D eigenvalue weighted by molar-refractivity contribution is 0.470. The predicted octanol–water partition coefficient (Wildman–Crippen LogP) is 3.18. The van der Waals surface area contributed by atoms with E-state index in [1.54, 1.807) is 12.4 Å². The number of aryl methyl sites for hydroxylation is 1. The first kappa shape index (κ1) is 11.7. The van der Waals surface area contributed by atoms with Gasteiger partial charge in [-0.1, -0.05) is 20.8 Å². The van der Waals surface area contributed by atoms with Gasteiger partial charge >= 0.3 is 0 Å². The highest BCUT2D eigenvalue weighted by atomic mass is 16.3. The second-order valence-corrected chi connectivity index (χ2v) is 5.41.